The highest BCUT2D eigenvalue weighted by Crippen LogP contribution is 2.10. The topological polar surface area (TPSA) is 88.0 Å². The van der Waals surface area contributed by atoms with Crippen LogP contribution in [0.25, 0.3) is 0 Å². The van der Waals surface area contributed by atoms with E-state index in [0.717, 1.165) is 18.2 Å². The second kappa shape index (κ2) is 11.4. The van der Waals surface area contributed by atoms with Crippen molar-refractivity contribution in [3.05, 3.63) is 66.2 Å². The maximum absolute atomic E-state index is 11.9. The van der Waals surface area contributed by atoms with E-state index in [2.05, 4.69) is 10.3 Å². The van der Waals surface area contributed by atoms with Crippen LogP contribution in [0.4, 0.5) is 5.69 Å². The zero-order valence-corrected chi connectivity index (χ0v) is 15.2. The number of carboxylic acids is 1. The molecule has 26 heavy (non-hydrogen) atoms. The van der Waals surface area contributed by atoms with Crippen LogP contribution in [0.2, 0.25) is 0 Å². The number of amidine groups is 1. The van der Waals surface area contributed by atoms with Crippen molar-refractivity contribution in [2.45, 2.75) is 26.3 Å². The number of carbonyl (C=O) groups is 2. The lowest BCUT2D eigenvalue weighted by Crippen LogP contribution is -2.25. The van der Waals surface area contributed by atoms with Gasteiger partial charge in [-0.2, -0.15) is 0 Å². The van der Waals surface area contributed by atoms with E-state index >= 15 is 0 Å². The molecule has 2 rings (SSSR count). The lowest BCUT2D eigenvalue weighted by Gasteiger charge is -2.13. The molecule has 1 unspecified atom stereocenters. The molecule has 2 N–H and O–H groups in total. The van der Waals surface area contributed by atoms with E-state index in [4.69, 9.17) is 14.6 Å². The van der Waals surface area contributed by atoms with Crippen molar-refractivity contribution in [3.8, 4) is 0 Å². The molecule has 0 spiro atoms. The highest BCUT2D eigenvalue weighted by atomic mass is 16.5. The fourth-order valence-corrected chi connectivity index (χ4v) is 2.15. The van der Waals surface area contributed by atoms with Gasteiger partial charge < -0.3 is 15.2 Å². The van der Waals surface area contributed by atoms with E-state index in [1.807, 2.05) is 67.6 Å². The molecule has 0 aliphatic rings. The molecule has 6 nitrogen and oxygen atoms in total. The molecule has 0 saturated carbocycles. The number of aliphatic imine (C=N–C) groups is 1. The van der Waals surface area contributed by atoms with Crippen LogP contribution < -0.4 is 5.32 Å². The Hall–Kier alpha value is -3.15. The maximum atomic E-state index is 11.9. The first-order chi connectivity index (χ1) is 12.4. The zero-order chi connectivity index (χ0) is 19.4. The van der Waals surface area contributed by atoms with Crippen LogP contribution in [0.1, 0.15) is 19.4 Å². The van der Waals surface area contributed by atoms with Crippen molar-refractivity contribution < 1.29 is 19.4 Å². The number of hydrogen-bond acceptors (Lipinski definition) is 4. The molecule has 0 aromatic heterocycles. The van der Waals surface area contributed by atoms with Crippen molar-refractivity contribution >= 4 is 23.5 Å². The quantitative estimate of drug-likeness (QED) is 0.487. The fourth-order valence-electron chi connectivity index (χ4n) is 2.15. The van der Waals surface area contributed by atoms with Crippen molar-refractivity contribution in [1.82, 2.24) is 0 Å². The van der Waals surface area contributed by atoms with Gasteiger partial charge in [-0.15, -0.1) is 0 Å². The van der Waals surface area contributed by atoms with Crippen LogP contribution in [-0.4, -0.2) is 36.0 Å². The van der Waals surface area contributed by atoms with Gasteiger partial charge in [-0.3, -0.25) is 9.79 Å². The number of para-hydroxylation sites is 1. The highest BCUT2D eigenvalue weighted by Gasteiger charge is 2.18. The molecule has 138 valence electrons. The molecule has 0 saturated heterocycles. The Morgan fingerprint density at radius 2 is 1.54 bits per heavy atom. The van der Waals surface area contributed by atoms with Gasteiger partial charge in [-0.1, -0.05) is 48.5 Å². The first-order valence-electron chi connectivity index (χ1n) is 8.10. The lowest BCUT2D eigenvalue weighted by atomic mass is 10.1. The summed E-state index contributed by atoms with van der Waals surface area (Å²) in [6.07, 6.45) is 0.515. The molecule has 0 amide bonds. The standard InChI is InChI=1S/C18H20N2O2.C2H4O2/c1-14(19-16-11-7-4-8-12-16)20-17(18(21)22-2)13-15-9-5-3-6-10-15;1-2(3)4/h3-12,17H,13H2,1-2H3,(H,19,20);1H3,(H,3,4). The van der Waals surface area contributed by atoms with Crippen molar-refractivity contribution in [1.29, 1.82) is 0 Å². The summed E-state index contributed by atoms with van der Waals surface area (Å²) >= 11 is 0. The van der Waals surface area contributed by atoms with E-state index in [9.17, 15) is 4.79 Å². The predicted molar refractivity (Wildman–Crippen MR) is 102 cm³/mol. The molecule has 0 radical (unpaired) electrons. The highest BCUT2D eigenvalue weighted by molar-refractivity contribution is 5.95. The molecule has 2 aromatic carbocycles. The number of aliphatic carboxylic acids is 1. The van der Waals surface area contributed by atoms with Crippen LogP contribution >= 0.6 is 0 Å². The van der Waals surface area contributed by atoms with E-state index < -0.39 is 12.0 Å². The largest absolute Gasteiger partial charge is 0.481 e. The Morgan fingerprint density at radius 1 is 1.04 bits per heavy atom. The average Bonchev–Trinajstić information content (AvgIpc) is 2.61. The molecule has 0 aliphatic heterocycles. The van der Waals surface area contributed by atoms with E-state index in [0.29, 0.717) is 12.3 Å². The summed E-state index contributed by atoms with van der Waals surface area (Å²) in [4.78, 5) is 25.4. The number of carbonyl (C=O) groups excluding carboxylic acids is 1. The smallest absolute Gasteiger partial charge is 0.331 e. The van der Waals surface area contributed by atoms with Crippen LogP contribution in [-0.2, 0) is 20.7 Å². The van der Waals surface area contributed by atoms with E-state index in [-0.39, 0.29) is 5.97 Å². The number of ether oxygens (including phenoxy) is 1. The number of hydrogen-bond donors (Lipinski definition) is 2. The van der Waals surface area contributed by atoms with Crippen LogP contribution in [0, 0.1) is 0 Å². The predicted octanol–water partition coefficient (Wildman–Crippen LogP) is 3.39. The number of nitrogens with one attached hydrogen (secondary N) is 1. The molecule has 0 heterocycles. The zero-order valence-electron chi connectivity index (χ0n) is 15.2. The minimum Gasteiger partial charge on any atom is -0.481 e. The third-order valence-corrected chi connectivity index (χ3v) is 3.19. The molecule has 6 heteroatoms. The fraction of sp³-hybridized carbons (Fsp3) is 0.250. The number of rotatable bonds is 5. The normalized spacial score (nSPS) is 11.6. The van der Waals surface area contributed by atoms with Gasteiger partial charge in [0.25, 0.3) is 5.97 Å². The average molecular weight is 356 g/mol. The van der Waals surface area contributed by atoms with Gasteiger partial charge in [0.05, 0.1) is 12.9 Å². The van der Waals surface area contributed by atoms with Gasteiger partial charge in [0.1, 0.15) is 0 Å². The number of carboxylic acid groups (broad SMARTS) is 1. The molecule has 0 aliphatic carbocycles. The van der Waals surface area contributed by atoms with Gasteiger partial charge in [0.2, 0.25) is 0 Å². The van der Waals surface area contributed by atoms with Crippen LogP contribution in [0.5, 0.6) is 0 Å². The Kier molecular flexibility index (Phi) is 9.17. The van der Waals surface area contributed by atoms with E-state index in [1.165, 1.54) is 7.11 Å². The third kappa shape index (κ3) is 8.63. The maximum Gasteiger partial charge on any atom is 0.331 e. The molecule has 0 fully saturated rings. The van der Waals surface area contributed by atoms with Crippen LogP contribution in [0.3, 0.4) is 0 Å². The molecular formula is C20H24N2O4. The Labute approximate surface area is 153 Å². The van der Waals surface area contributed by atoms with Crippen molar-refractivity contribution in [3.63, 3.8) is 0 Å². The summed E-state index contributed by atoms with van der Waals surface area (Å²) in [6.45, 7) is 2.92. The summed E-state index contributed by atoms with van der Waals surface area (Å²) in [5, 5.41) is 10.6. The Balaban J connectivity index is 0.000000765. The minimum atomic E-state index is -0.833. The van der Waals surface area contributed by atoms with Crippen molar-refractivity contribution in [2.24, 2.45) is 4.99 Å². The van der Waals surface area contributed by atoms with E-state index in [1.54, 1.807) is 0 Å². The molecule has 1 atom stereocenters. The molecular weight excluding hydrogens is 332 g/mol. The summed E-state index contributed by atoms with van der Waals surface area (Å²) in [5.74, 6) is -0.490. The first-order valence-corrected chi connectivity index (χ1v) is 8.10. The number of benzene rings is 2. The second-order valence-corrected chi connectivity index (χ2v) is 5.45. The van der Waals surface area contributed by atoms with Gasteiger partial charge in [0.15, 0.2) is 6.04 Å². The van der Waals surface area contributed by atoms with Crippen molar-refractivity contribution in [2.75, 3.05) is 12.4 Å². The summed E-state index contributed by atoms with van der Waals surface area (Å²) < 4.78 is 4.86. The van der Waals surface area contributed by atoms with Gasteiger partial charge >= 0.3 is 5.97 Å². The summed E-state index contributed by atoms with van der Waals surface area (Å²) in [5.41, 5.74) is 1.99. The Bertz CT molecular complexity index is 711. The van der Waals surface area contributed by atoms with Gasteiger partial charge in [-0.25, -0.2) is 4.79 Å². The number of nitrogens with zero attached hydrogens (tertiary/aromatic N) is 1. The monoisotopic (exact) mass is 356 g/mol. The number of anilines is 1. The minimum absolute atomic E-state index is 0.335. The first kappa shape index (κ1) is 20.9. The lowest BCUT2D eigenvalue weighted by molar-refractivity contribution is -0.142. The van der Waals surface area contributed by atoms with Gasteiger partial charge in [-0.05, 0) is 24.6 Å². The molecule has 0 bridgehead atoms. The SMILES string of the molecule is CC(=O)O.COC(=O)C(Cc1ccccc1)N=C(C)Nc1ccccc1. The third-order valence-electron chi connectivity index (χ3n) is 3.19. The Morgan fingerprint density at radius 3 is 2.04 bits per heavy atom. The number of methoxy groups -OCH3 is 1. The summed E-state index contributed by atoms with van der Waals surface area (Å²) in [6, 6.07) is 19.0. The molecule has 2 aromatic rings. The number of esters is 1. The van der Waals surface area contributed by atoms with Crippen LogP contribution in [0.15, 0.2) is 65.7 Å². The second-order valence-electron chi connectivity index (χ2n) is 5.45. The van der Waals surface area contributed by atoms with Gasteiger partial charge in [0, 0.05) is 19.0 Å². The summed E-state index contributed by atoms with van der Waals surface area (Å²) in [7, 11) is 1.38.